The van der Waals surface area contributed by atoms with Crippen LogP contribution >= 0.6 is 0 Å². The molecule has 1 saturated heterocycles. The molecule has 66 valence electrons. The fourth-order valence-electron chi connectivity index (χ4n) is 1.45. The van der Waals surface area contributed by atoms with E-state index >= 15 is 0 Å². The van der Waals surface area contributed by atoms with Crippen LogP contribution in [0.2, 0.25) is 0 Å². The molecule has 1 aromatic rings. The largest absolute Gasteiger partial charge is 0.335 e. The van der Waals surface area contributed by atoms with Crippen molar-refractivity contribution >= 4 is 5.88 Å². The van der Waals surface area contributed by atoms with Crippen LogP contribution in [0.25, 0.3) is 0 Å². The number of hydrogen-bond donors (Lipinski definition) is 1. The van der Waals surface area contributed by atoms with Gasteiger partial charge in [0.15, 0.2) is 5.27 Å². The lowest BCUT2D eigenvalue weighted by molar-refractivity contribution is -0.471. The average Bonchev–Trinajstić information content (AvgIpc) is 2.58. The van der Waals surface area contributed by atoms with Crippen LogP contribution in [0.5, 0.6) is 0 Å². The SMILES string of the molecule is NC1CCN(c2c[nH+]no2)CC1. The molecule has 5 nitrogen and oxygen atoms in total. The average molecular weight is 169 g/mol. The maximum atomic E-state index is 5.77. The summed E-state index contributed by atoms with van der Waals surface area (Å²) in [6.07, 6.45) is 3.82. The number of nitrogens with one attached hydrogen (secondary N) is 1. The van der Waals surface area contributed by atoms with Crippen molar-refractivity contribution in [3.63, 3.8) is 0 Å². The van der Waals surface area contributed by atoms with Crippen LogP contribution in [0.4, 0.5) is 5.88 Å². The number of nitrogens with two attached hydrogens (primary N) is 1. The molecule has 2 heterocycles. The molecule has 0 atom stereocenters. The van der Waals surface area contributed by atoms with E-state index in [4.69, 9.17) is 10.3 Å². The molecule has 0 amide bonds. The van der Waals surface area contributed by atoms with Gasteiger partial charge in [-0.25, -0.2) is 0 Å². The summed E-state index contributed by atoms with van der Waals surface area (Å²) >= 11 is 0. The van der Waals surface area contributed by atoms with Crippen molar-refractivity contribution in [2.75, 3.05) is 18.0 Å². The first kappa shape index (κ1) is 7.54. The second-order valence-corrected chi connectivity index (χ2v) is 3.12. The molecule has 1 fully saturated rings. The Morgan fingerprint density at radius 1 is 1.58 bits per heavy atom. The zero-order chi connectivity index (χ0) is 8.39. The molecule has 5 heteroatoms. The number of aromatic amines is 1. The minimum Gasteiger partial charge on any atom is -0.335 e. The second kappa shape index (κ2) is 3.10. The number of H-pyrrole nitrogens is 1. The molecule has 3 N–H and O–H groups in total. The summed E-state index contributed by atoms with van der Waals surface area (Å²) < 4.78 is 4.99. The smallest absolute Gasteiger partial charge is 0.298 e. The van der Waals surface area contributed by atoms with Gasteiger partial charge in [-0.15, -0.1) is 0 Å². The maximum absolute atomic E-state index is 5.77. The molecule has 0 aliphatic carbocycles. The van der Waals surface area contributed by atoms with Crippen LogP contribution in [0.1, 0.15) is 12.8 Å². The van der Waals surface area contributed by atoms with Gasteiger partial charge in [-0.2, -0.15) is 0 Å². The molecule has 2 rings (SSSR count). The Labute approximate surface area is 70.5 Å². The first-order valence-electron chi connectivity index (χ1n) is 4.19. The monoisotopic (exact) mass is 169 g/mol. The minimum absolute atomic E-state index is 0.355. The van der Waals surface area contributed by atoms with E-state index in [1.165, 1.54) is 0 Å². The molecule has 12 heavy (non-hydrogen) atoms. The van der Waals surface area contributed by atoms with Gasteiger partial charge in [0, 0.05) is 19.1 Å². The zero-order valence-electron chi connectivity index (χ0n) is 6.86. The molecule has 1 aliphatic rings. The Morgan fingerprint density at radius 2 is 2.33 bits per heavy atom. The number of hydrogen-bond acceptors (Lipinski definition) is 4. The van der Waals surface area contributed by atoms with Gasteiger partial charge in [-0.3, -0.25) is 4.52 Å². The van der Waals surface area contributed by atoms with E-state index in [0.29, 0.717) is 6.04 Å². The van der Waals surface area contributed by atoms with Crippen LogP contribution in [-0.4, -0.2) is 24.4 Å². The third-order valence-electron chi connectivity index (χ3n) is 2.23. The second-order valence-electron chi connectivity index (χ2n) is 3.12. The van der Waals surface area contributed by atoms with E-state index in [9.17, 15) is 0 Å². The van der Waals surface area contributed by atoms with E-state index in [0.717, 1.165) is 31.8 Å². The van der Waals surface area contributed by atoms with Crippen molar-refractivity contribution in [1.29, 1.82) is 0 Å². The highest BCUT2D eigenvalue weighted by atomic mass is 16.5. The number of piperidine rings is 1. The highest BCUT2D eigenvalue weighted by Crippen LogP contribution is 2.15. The van der Waals surface area contributed by atoms with Crippen molar-refractivity contribution in [3.05, 3.63) is 6.20 Å². The fraction of sp³-hybridized carbons (Fsp3) is 0.714. The highest BCUT2D eigenvalue weighted by molar-refractivity contribution is 5.29. The van der Waals surface area contributed by atoms with Crippen molar-refractivity contribution in [2.24, 2.45) is 5.73 Å². The van der Waals surface area contributed by atoms with E-state index in [1.807, 2.05) is 0 Å². The molecule has 0 aromatic carbocycles. The number of anilines is 1. The Balaban J connectivity index is 1.99. The first-order valence-corrected chi connectivity index (χ1v) is 4.19. The summed E-state index contributed by atoms with van der Waals surface area (Å²) in [6.45, 7) is 1.92. The van der Waals surface area contributed by atoms with Crippen LogP contribution in [0.15, 0.2) is 10.7 Å². The molecule has 0 unspecified atom stereocenters. The van der Waals surface area contributed by atoms with Gasteiger partial charge >= 0.3 is 0 Å². The van der Waals surface area contributed by atoms with Crippen LogP contribution < -0.4 is 15.7 Å². The number of nitrogens with zero attached hydrogens (tertiary/aromatic N) is 2. The molecule has 0 radical (unpaired) electrons. The van der Waals surface area contributed by atoms with Gasteiger partial charge in [0.05, 0.1) is 0 Å². The van der Waals surface area contributed by atoms with Crippen LogP contribution in [0, 0.1) is 0 Å². The number of aromatic nitrogens is 2. The normalized spacial score (nSPS) is 19.9. The topological polar surface area (TPSA) is 69.4 Å². The maximum Gasteiger partial charge on any atom is 0.298 e. The minimum atomic E-state index is 0.355. The molecule has 0 bridgehead atoms. The van der Waals surface area contributed by atoms with Gasteiger partial charge in [0.2, 0.25) is 0 Å². The molecule has 0 spiro atoms. The van der Waals surface area contributed by atoms with Crippen molar-refractivity contribution < 1.29 is 9.62 Å². The Kier molecular flexibility index (Phi) is 1.95. The van der Waals surface area contributed by atoms with Crippen molar-refractivity contribution in [2.45, 2.75) is 18.9 Å². The molecule has 0 saturated carbocycles. The molecular weight excluding hydrogens is 156 g/mol. The predicted octanol–water partition coefficient (Wildman–Crippen LogP) is -0.584. The summed E-state index contributed by atoms with van der Waals surface area (Å²) in [7, 11) is 0. The Hall–Kier alpha value is -1.10. The van der Waals surface area contributed by atoms with Gasteiger partial charge < -0.3 is 10.6 Å². The summed E-state index contributed by atoms with van der Waals surface area (Å²) in [4.78, 5) is 2.15. The van der Waals surface area contributed by atoms with Gasteiger partial charge in [-0.1, -0.05) is 5.10 Å². The standard InChI is InChI=1S/C7H12N4O/c8-6-1-3-11(4-2-6)7-5-9-10-12-7/h5-6H,1-4,8H2/p+1. The van der Waals surface area contributed by atoms with Gasteiger partial charge in [0.1, 0.15) is 0 Å². The lowest BCUT2D eigenvalue weighted by Gasteiger charge is -2.27. The van der Waals surface area contributed by atoms with E-state index in [1.54, 1.807) is 6.20 Å². The summed E-state index contributed by atoms with van der Waals surface area (Å²) in [5, 5.41) is 6.19. The van der Waals surface area contributed by atoms with Crippen LogP contribution in [0.3, 0.4) is 0 Å². The van der Waals surface area contributed by atoms with Crippen molar-refractivity contribution in [1.82, 2.24) is 5.27 Å². The Morgan fingerprint density at radius 3 is 2.92 bits per heavy atom. The first-order chi connectivity index (χ1) is 5.86. The summed E-state index contributed by atoms with van der Waals surface area (Å²) in [5.41, 5.74) is 5.77. The quantitative estimate of drug-likeness (QED) is 0.610. The highest BCUT2D eigenvalue weighted by Gasteiger charge is 2.20. The third-order valence-corrected chi connectivity index (χ3v) is 2.23. The van der Waals surface area contributed by atoms with E-state index < -0.39 is 0 Å². The lowest BCUT2D eigenvalue weighted by atomic mass is 10.1. The lowest BCUT2D eigenvalue weighted by Crippen LogP contribution is -2.39. The van der Waals surface area contributed by atoms with E-state index in [-0.39, 0.29) is 0 Å². The van der Waals surface area contributed by atoms with Gasteiger partial charge in [-0.05, 0) is 12.8 Å². The third kappa shape index (κ3) is 1.40. The van der Waals surface area contributed by atoms with Crippen LogP contribution in [-0.2, 0) is 0 Å². The van der Waals surface area contributed by atoms with Crippen molar-refractivity contribution in [3.8, 4) is 0 Å². The van der Waals surface area contributed by atoms with Gasteiger partial charge in [0.25, 0.3) is 12.1 Å². The number of rotatable bonds is 1. The predicted molar refractivity (Wildman–Crippen MR) is 42.5 cm³/mol. The zero-order valence-corrected chi connectivity index (χ0v) is 6.86. The Bertz CT molecular complexity index is 228. The molecule has 1 aromatic heterocycles. The summed E-state index contributed by atoms with van der Waals surface area (Å²) in [6, 6.07) is 0.355. The van der Waals surface area contributed by atoms with E-state index in [2.05, 4.69) is 15.3 Å². The summed E-state index contributed by atoms with van der Waals surface area (Å²) in [5.74, 6) is 0.807. The molecular formula is C7H13N4O+. The fourth-order valence-corrected chi connectivity index (χ4v) is 1.45. The molecule has 1 aliphatic heterocycles.